The summed E-state index contributed by atoms with van der Waals surface area (Å²) in [6.07, 6.45) is 1.40. The molecule has 2 rings (SSSR count). The molecule has 1 fully saturated rings. The van der Waals surface area contributed by atoms with E-state index < -0.39 is 0 Å². The highest BCUT2D eigenvalue weighted by molar-refractivity contribution is 5.97. The number of likely N-dealkylation sites (N-methyl/N-ethyl adjacent to an activating group) is 1. The zero-order valence-corrected chi connectivity index (χ0v) is 12.0. The lowest BCUT2D eigenvalue weighted by molar-refractivity contribution is -0.115. The van der Waals surface area contributed by atoms with Gasteiger partial charge in [-0.25, -0.2) is 0 Å². The SMILES string of the molecule is CCC(=O)Nc1cccc(C(=O)N(C)C2CCNC2)c1. The maximum absolute atomic E-state index is 12.4. The molecule has 5 heteroatoms. The quantitative estimate of drug-likeness (QED) is 0.874. The first kappa shape index (κ1) is 14.5. The molecule has 1 aliphatic heterocycles. The van der Waals surface area contributed by atoms with Crippen LogP contribution in [0, 0.1) is 0 Å². The summed E-state index contributed by atoms with van der Waals surface area (Å²) in [6.45, 7) is 3.59. The molecular weight excluding hydrogens is 254 g/mol. The van der Waals surface area contributed by atoms with E-state index in [1.807, 2.05) is 7.05 Å². The van der Waals surface area contributed by atoms with Crippen LogP contribution >= 0.6 is 0 Å². The van der Waals surface area contributed by atoms with Gasteiger partial charge in [0.1, 0.15) is 0 Å². The van der Waals surface area contributed by atoms with Gasteiger partial charge >= 0.3 is 0 Å². The van der Waals surface area contributed by atoms with Gasteiger partial charge in [0, 0.05) is 37.3 Å². The average Bonchev–Trinajstić information content (AvgIpc) is 3.00. The highest BCUT2D eigenvalue weighted by Gasteiger charge is 2.24. The zero-order valence-electron chi connectivity index (χ0n) is 12.0. The third kappa shape index (κ3) is 3.36. The Labute approximate surface area is 119 Å². The van der Waals surface area contributed by atoms with E-state index in [9.17, 15) is 9.59 Å². The Morgan fingerprint density at radius 1 is 1.45 bits per heavy atom. The van der Waals surface area contributed by atoms with Crippen LogP contribution in [0.3, 0.4) is 0 Å². The van der Waals surface area contributed by atoms with Crippen molar-refractivity contribution in [3.05, 3.63) is 29.8 Å². The predicted octanol–water partition coefficient (Wildman–Crippen LogP) is 1.47. The summed E-state index contributed by atoms with van der Waals surface area (Å²) >= 11 is 0. The van der Waals surface area contributed by atoms with Crippen molar-refractivity contribution in [3.8, 4) is 0 Å². The third-order valence-electron chi connectivity index (χ3n) is 3.62. The fourth-order valence-electron chi connectivity index (χ4n) is 2.32. The van der Waals surface area contributed by atoms with E-state index in [4.69, 9.17) is 0 Å². The summed E-state index contributed by atoms with van der Waals surface area (Å²) in [4.78, 5) is 25.6. The molecule has 5 nitrogen and oxygen atoms in total. The van der Waals surface area contributed by atoms with Gasteiger partial charge in [-0.1, -0.05) is 13.0 Å². The van der Waals surface area contributed by atoms with Gasteiger partial charge in [-0.2, -0.15) is 0 Å². The minimum atomic E-state index is -0.0528. The van der Waals surface area contributed by atoms with Gasteiger partial charge in [-0.3, -0.25) is 9.59 Å². The molecule has 2 N–H and O–H groups in total. The predicted molar refractivity (Wildman–Crippen MR) is 78.7 cm³/mol. The van der Waals surface area contributed by atoms with Crippen LogP contribution in [0.2, 0.25) is 0 Å². The molecule has 108 valence electrons. The number of anilines is 1. The molecular formula is C15H21N3O2. The molecule has 1 unspecified atom stereocenters. The second-order valence-electron chi connectivity index (χ2n) is 5.05. The third-order valence-corrected chi connectivity index (χ3v) is 3.62. The van der Waals surface area contributed by atoms with Crippen molar-refractivity contribution in [2.24, 2.45) is 0 Å². The van der Waals surface area contributed by atoms with Gasteiger partial charge in [-0.15, -0.1) is 0 Å². The van der Waals surface area contributed by atoms with Crippen LogP contribution in [-0.4, -0.2) is 42.9 Å². The molecule has 0 radical (unpaired) electrons. The monoisotopic (exact) mass is 275 g/mol. The molecule has 0 spiro atoms. The molecule has 1 aliphatic rings. The van der Waals surface area contributed by atoms with Crippen molar-refractivity contribution in [2.75, 3.05) is 25.5 Å². The largest absolute Gasteiger partial charge is 0.337 e. The van der Waals surface area contributed by atoms with Gasteiger partial charge in [0.2, 0.25) is 5.91 Å². The topological polar surface area (TPSA) is 61.4 Å². The number of hydrogen-bond acceptors (Lipinski definition) is 3. The lowest BCUT2D eigenvalue weighted by atomic mass is 10.1. The van der Waals surface area contributed by atoms with E-state index in [2.05, 4.69) is 10.6 Å². The minimum Gasteiger partial charge on any atom is -0.337 e. The van der Waals surface area contributed by atoms with Crippen LogP contribution in [0.15, 0.2) is 24.3 Å². The zero-order chi connectivity index (χ0) is 14.5. The number of nitrogens with one attached hydrogen (secondary N) is 2. The Morgan fingerprint density at radius 2 is 2.25 bits per heavy atom. The van der Waals surface area contributed by atoms with E-state index in [1.54, 1.807) is 36.1 Å². The number of hydrogen-bond donors (Lipinski definition) is 2. The number of benzene rings is 1. The van der Waals surface area contributed by atoms with Gasteiger partial charge in [0.25, 0.3) is 5.91 Å². The number of nitrogens with zero attached hydrogens (tertiary/aromatic N) is 1. The molecule has 1 saturated heterocycles. The lowest BCUT2D eigenvalue weighted by Crippen LogP contribution is -2.38. The van der Waals surface area contributed by atoms with E-state index in [1.165, 1.54) is 0 Å². The van der Waals surface area contributed by atoms with Gasteiger partial charge in [0.05, 0.1) is 0 Å². The molecule has 0 aromatic heterocycles. The Kier molecular flexibility index (Phi) is 4.74. The van der Waals surface area contributed by atoms with Crippen LogP contribution in [-0.2, 0) is 4.79 Å². The number of amides is 2. The highest BCUT2D eigenvalue weighted by atomic mass is 16.2. The second-order valence-corrected chi connectivity index (χ2v) is 5.05. The molecule has 1 aromatic carbocycles. The number of carbonyl (C=O) groups is 2. The van der Waals surface area contributed by atoms with Crippen molar-refractivity contribution in [1.29, 1.82) is 0 Å². The van der Waals surface area contributed by atoms with Crippen molar-refractivity contribution in [3.63, 3.8) is 0 Å². The number of carbonyl (C=O) groups excluding carboxylic acids is 2. The van der Waals surface area contributed by atoms with Crippen LogP contribution in [0.5, 0.6) is 0 Å². The summed E-state index contributed by atoms with van der Waals surface area (Å²) in [5.74, 6) is -0.0609. The van der Waals surface area contributed by atoms with Crippen molar-refractivity contribution in [1.82, 2.24) is 10.2 Å². The maximum Gasteiger partial charge on any atom is 0.253 e. The summed E-state index contributed by atoms with van der Waals surface area (Å²) in [5, 5.41) is 6.03. The average molecular weight is 275 g/mol. The summed E-state index contributed by atoms with van der Waals surface area (Å²) in [6, 6.07) is 7.34. The van der Waals surface area contributed by atoms with Crippen LogP contribution in [0.25, 0.3) is 0 Å². The van der Waals surface area contributed by atoms with Crippen LogP contribution in [0.4, 0.5) is 5.69 Å². The first-order chi connectivity index (χ1) is 9.61. The summed E-state index contributed by atoms with van der Waals surface area (Å²) in [7, 11) is 1.83. The molecule has 0 saturated carbocycles. The fraction of sp³-hybridized carbons (Fsp3) is 0.467. The number of rotatable bonds is 4. The summed E-state index contributed by atoms with van der Waals surface area (Å²) in [5.41, 5.74) is 1.27. The van der Waals surface area contributed by atoms with Crippen molar-refractivity contribution < 1.29 is 9.59 Å². The molecule has 0 aliphatic carbocycles. The molecule has 1 atom stereocenters. The normalized spacial score (nSPS) is 17.8. The Bertz CT molecular complexity index is 496. The molecule has 1 aromatic rings. The first-order valence-corrected chi connectivity index (χ1v) is 6.99. The van der Waals surface area contributed by atoms with Crippen molar-refractivity contribution in [2.45, 2.75) is 25.8 Å². The van der Waals surface area contributed by atoms with Crippen LogP contribution in [0.1, 0.15) is 30.1 Å². The molecule has 1 heterocycles. The highest BCUT2D eigenvalue weighted by Crippen LogP contribution is 2.15. The second kappa shape index (κ2) is 6.52. The molecule has 0 bridgehead atoms. The van der Waals surface area contributed by atoms with Gasteiger partial charge in [0.15, 0.2) is 0 Å². The van der Waals surface area contributed by atoms with Gasteiger partial charge < -0.3 is 15.5 Å². The van der Waals surface area contributed by atoms with Crippen molar-refractivity contribution >= 4 is 17.5 Å². The first-order valence-electron chi connectivity index (χ1n) is 6.99. The maximum atomic E-state index is 12.4. The van der Waals surface area contributed by atoms with E-state index >= 15 is 0 Å². The Morgan fingerprint density at radius 3 is 2.90 bits per heavy atom. The van der Waals surface area contributed by atoms with Gasteiger partial charge in [-0.05, 0) is 31.2 Å². The Hall–Kier alpha value is -1.88. The Balaban J connectivity index is 2.09. The fourth-order valence-corrected chi connectivity index (χ4v) is 2.32. The smallest absolute Gasteiger partial charge is 0.253 e. The van der Waals surface area contributed by atoms with E-state index in [0.29, 0.717) is 17.7 Å². The molecule has 20 heavy (non-hydrogen) atoms. The van der Waals surface area contributed by atoms with E-state index in [0.717, 1.165) is 19.5 Å². The van der Waals surface area contributed by atoms with E-state index in [-0.39, 0.29) is 17.9 Å². The van der Waals surface area contributed by atoms with Crippen LogP contribution < -0.4 is 10.6 Å². The minimum absolute atomic E-state index is 0.00806. The lowest BCUT2D eigenvalue weighted by Gasteiger charge is -2.24. The molecule has 2 amide bonds. The summed E-state index contributed by atoms with van der Waals surface area (Å²) < 4.78 is 0. The standard InChI is InChI=1S/C15H21N3O2/c1-3-14(19)17-12-6-4-5-11(9-12)15(20)18(2)13-7-8-16-10-13/h4-6,9,13,16H,3,7-8,10H2,1-2H3,(H,17,19).